The maximum absolute atomic E-state index is 11.5. The molecule has 2 rings (SSSR count). The van der Waals surface area contributed by atoms with Crippen LogP contribution in [0.25, 0.3) is 0 Å². The van der Waals surface area contributed by atoms with E-state index in [1.54, 1.807) is 0 Å². The Bertz CT molecular complexity index is 627. The van der Waals surface area contributed by atoms with Gasteiger partial charge in [0.15, 0.2) is 5.66 Å². The molecule has 1 heterocycles. The summed E-state index contributed by atoms with van der Waals surface area (Å²) in [5.41, 5.74) is -0.604. The minimum absolute atomic E-state index is 0.0897. The lowest BCUT2D eigenvalue weighted by atomic mass is 10.1. The molecule has 0 radical (unpaired) electrons. The minimum atomic E-state index is -0.887. The number of hydrogen-bond acceptors (Lipinski definition) is 7. The fourth-order valence-corrected chi connectivity index (χ4v) is 1.73. The predicted molar refractivity (Wildman–Crippen MR) is 75.3 cm³/mol. The zero-order chi connectivity index (χ0) is 16.0. The fraction of sp³-hybridized carbons (Fsp3) is 0.357. The van der Waals surface area contributed by atoms with Crippen LogP contribution in [0.5, 0.6) is 5.75 Å². The van der Waals surface area contributed by atoms with Crippen molar-refractivity contribution in [3.8, 4) is 18.1 Å². The van der Waals surface area contributed by atoms with Gasteiger partial charge in [0.05, 0.1) is 11.5 Å². The van der Waals surface area contributed by atoms with E-state index in [-0.39, 0.29) is 18.0 Å². The van der Waals surface area contributed by atoms with E-state index >= 15 is 0 Å². The molecule has 0 N–H and O–H groups in total. The first-order valence-electron chi connectivity index (χ1n) is 6.51. The lowest BCUT2D eigenvalue weighted by molar-refractivity contribution is -0.384. The monoisotopic (exact) mass is 303 g/mol. The number of carbonyl (C=O) groups is 1. The molecule has 0 unspecified atom stereocenters. The second-order valence-electron chi connectivity index (χ2n) is 4.59. The molecular weight excluding hydrogens is 290 g/mol. The van der Waals surface area contributed by atoms with Gasteiger partial charge in [-0.05, 0) is 12.1 Å². The van der Waals surface area contributed by atoms with Gasteiger partial charge in [0.25, 0.3) is 5.69 Å². The molecule has 1 aromatic rings. The van der Waals surface area contributed by atoms with Gasteiger partial charge in [-0.1, -0.05) is 0 Å². The van der Waals surface area contributed by atoms with E-state index in [0.717, 1.165) is 0 Å². The maximum Gasteiger partial charge on any atom is 0.513 e. The average molecular weight is 303 g/mol. The summed E-state index contributed by atoms with van der Waals surface area (Å²) in [6.45, 7) is 0.101. The van der Waals surface area contributed by atoms with Crippen LogP contribution in [-0.4, -0.2) is 23.3 Å². The second kappa shape index (κ2) is 6.67. The molecule has 8 nitrogen and oxygen atoms in total. The molecule has 0 saturated carbocycles. The quantitative estimate of drug-likeness (QED) is 0.253. The van der Waals surface area contributed by atoms with E-state index in [1.807, 2.05) is 0 Å². The number of terminal acetylenes is 1. The number of non-ortho nitro benzene ring substituents is 1. The average Bonchev–Trinajstić information content (AvgIpc) is 3.26. The Kier molecular flexibility index (Phi) is 4.68. The molecule has 114 valence electrons. The van der Waals surface area contributed by atoms with E-state index in [1.165, 1.54) is 24.3 Å². The van der Waals surface area contributed by atoms with Crippen molar-refractivity contribution in [3.05, 3.63) is 34.4 Å². The van der Waals surface area contributed by atoms with Gasteiger partial charge < -0.3 is 9.47 Å². The van der Waals surface area contributed by atoms with E-state index in [2.05, 4.69) is 16.1 Å². The smallest absolute Gasteiger partial charge is 0.434 e. The van der Waals surface area contributed by atoms with Crippen LogP contribution in [0.1, 0.15) is 19.3 Å². The Balaban J connectivity index is 1.72. The van der Waals surface area contributed by atoms with Crippen LogP contribution in [0.3, 0.4) is 0 Å². The van der Waals surface area contributed by atoms with E-state index in [4.69, 9.17) is 15.9 Å². The van der Waals surface area contributed by atoms with Crippen molar-refractivity contribution in [3.63, 3.8) is 0 Å². The van der Waals surface area contributed by atoms with Crippen LogP contribution in [0.2, 0.25) is 0 Å². The molecule has 0 fully saturated rings. The summed E-state index contributed by atoms with van der Waals surface area (Å²) in [5.74, 6) is 2.67. The number of nitrogens with zero attached hydrogens (tertiary/aromatic N) is 3. The largest absolute Gasteiger partial charge is 0.513 e. The molecule has 8 heteroatoms. The Morgan fingerprint density at radius 1 is 1.32 bits per heavy atom. The second-order valence-corrected chi connectivity index (χ2v) is 4.59. The zero-order valence-corrected chi connectivity index (χ0v) is 11.6. The highest BCUT2D eigenvalue weighted by molar-refractivity contribution is 5.63. The lowest BCUT2D eigenvalue weighted by Crippen LogP contribution is -2.18. The molecule has 0 amide bonds. The molecule has 0 aromatic heterocycles. The van der Waals surface area contributed by atoms with Gasteiger partial charge >= 0.3 is 6.16 Å². The Hall–Kier alpha value is -2.95. The molecule has 0 bridgehead atoms. The van der Waals surface area contributed by atoms with Gasteiger partial charge in [-0.3, -0.25) is 10.1 Å². The van der Waals surface area contributed by atoms with Crippen LogP contribution < -0.4 is 4.74 Å². The van der Waals surface area contributed by atoms with Crippen molar-refractivity contribution in [2.45, 2.75) is 24.9 Å². The Labute approximate surface area is 126 Å². The van der Waals surface area contributed by atoms with Gasteiger partial charge in [-0.25, -0.2) is 4.79 Å². The number of benzene rings is 1. The summed E-state index contributed by atoms with van der Waals surface area (Å²) in [4.78, 5) is 21.4. The van der Waals surface area contributed by atoms with Crippen LogP contribution in [0.4, 0.5) is 10.5 Å². The zero-order valence-electron chi connectivity index (χ0n) is 11.6. The van der Waals surface area contributed by atoms with Crippen molar-refractivity contribution >= 4 is 11.8 Å². The lowest BCUT2D eigenvalue weighted by Gasteiger charge is -2.09. The number of nitro benzene ring substituents is 1. The van der Waals surface area contributed by atoms with Crippen LogP contribution in [0, 0.1) is 22.5 Å². The van der Waals surface area contributed by atoms with Gasteiger partial charge in [0.2, 0.25) is 0 Å². The minimum Gasteiger partial charge on any atom is -0.434 e. The summed E-state index contributed by atoms with van der Waals surface area (Å²) in [7, 11) is 0. The highest BCUT2D eigenvalue weighted by Crippen LogP contribution is 2.36. The van der Waals surface area contributed by atoms with E-state index < -0.39 is 16.7 Å². The molecule has 1 aliphatic rings. The number of nitro groups is 1. The van der Waals surface area contributed by atoms with Crippen molar-refractivity contribution < 1.29 is 19.2 Å². The first-order valence-corrected chi connectivity index (χ1v) is 6.51. The fourth-order valence-electron chi connectivity index (χ4n) is 1.73. The summed E-state index contributed by atoms with van der Waals surface area (Å²) >= 11 is 0. The first kappa shape index (κ1) is 15.4. The molecule has 0 spiro atoms. The van der Waals surface area contributed by atoms with Gasteiger partial charge in [0, 0.05) is 31.4 Å². The molecule has 22 heavy (non-hydrogen) atoms. The van der Waals surface area contributed by atoms with Gasteiger partial charge in [-0.2, -0.15) is 10.2 Å². The molecular formula is C14H13N3O5. The van der Waals surface area contributed by atoms with Gasteiger partial charge in [-0.15, -0.1) is 12.3 Å². The maximum atomic E-state index is 11.5. The summed E-state index contributed by atoms with van der Waals surface area (Å²) in [6.07, 6.45) is 5.92. The normalized spacial score (nSPS) is 14.0. The summed E-state index contributed by atoms with van der Waals surface area (Å²) in [6, 6.07) is 5.11. The number of carbonyl (C=O) groups excluding carboxylic acids is 1. The standard InChI is InChI=1S/C14H13N3O5/c1-2-3-8-14(15-16-14)9-10-21-13(18)22-12-6-4-11(5-7-12)17(19)20/h1,4-7H,3,8-10H2. The first-order chi connectivity index (χ1) is 10.5. The van der Waals surface area contributed by atoms with Crippen LogP contribution in [0.15, 0.2) is 34.5 Å². The highest BCUT2D eigenvalue weighted by Gasteiger charge is 2.39. The Morgan fingerprint density at radius 3 is 2.55 bits per heavy atom. The SMILES string of the molecule is C#CCCC1(CCOC(=O)Oc2ccc([N+](=O)[O-])cc2)N=N1. The third-order valence-electron chi connectivity index (χ3n) is 3.02. The number of ether oxygens (including phenoxy) is 2. The summed E-state index contributed by atoms with van der Waals surface area (Å²) in [5, 5.41) is 18.3. The highest BCUT2D eigenvalue weighted by atomic mass is 16.7. The Morgan fingerprint density at radius 2 is 2.00 bits per heavy atom. The van der Waals surface area contributed by atoms with Gasteiger partial charge in [0.1, 0.15) is 5.75 Å². The third-order valence-corrected chi connectivity index (χ3v) is 3.02. The molecule has 0 atom stereocenters. The van der Waals surface area contributed by atoms with E-state index in [9.17, 15) is 14.9 Å². The molecule has 0 saturated heterocycles. The van der Waals surface area contributed by atoms with Crippen LogP contribution in [-0.2, 0) is 4.74 Å². The van der Waals surface area contributed by atoms with E-state index in [0.29, 0.717) is 19.3 Å². The topological polar surface area (TPSA) is 103 Å². The molecule has 1 aromatic carbocycles. The van der Waals surface area contributed by atoms with Crippen molar-refractivity contribution in [1.29, 1.82) is 0 Å². The van der Waals surface area contributed by atoms with Crippen LogP contribution >= 0.6 is 0 Å². The third kappa shape index (κ3) is 4.28. The van der Waals surface area contributed by atoms with Crippen molar-refractivity contribution in [2.75, 3.05) is 6.61 Å². The molecule has 0 aliphatic carbocycles. The molecule has 1 aliphatic heterocycles. The number of rotatable bonds is 7. The predicted octanol–water partition coefficient (Wildman–Crippen LogP) is 3.08. The number of hydrogen-bond donors (Lipinski definition) is 0. The van der Waals surface area contributed by atoms with Crippen molar-refractivity contribution in [1.82, 2.24) is 0 Å². The van der Waals surface area contributed by atoms with Crippen molar-refractivity contribution in [2.24, 2.45) is 10.2 Å². The summed E-state index contributed by atoms with van der Waals surface area (Å²) < 4.78 is 9.80.